The van der Waals surface area contributed by atoms with E-state index < -0.39 is 11.8 Å². The van der Waals surface area contributed by atoms with Crippen molar-refractivity contribution in [3.05, 3.63) is 88.1 Å². The van der Waals surface area contributed by atoms with Gasteiger partial charge in [-0.3, -0.25) is 15.0 Å². The van der Waals surface area contributed by atoms with Gasteiger partial charge in [-0.25, -0.2) is 0 Å². The smallest absolute Gasteiger partial charge is 0.203 e. The lowest BCUT2D eigenvalue weighted by Gasteiger charge is -2.44. The van der Waals surface area contributed by atoms with Gasteiger partial charge in [0.2, 0.25) is 5.75 Å². The van der Waals surface area contributed by atoms with E-state index in [9.17, 15) is 15.0 Å². The van der Waals surface area contributed by atoms with E-state index >= 15 is 0 Å². The first-order valence-corrected chi connectivity index (χ1v) is 13.6. The molecule has 2 unspecified atom stereocenters. The van der Waals surface area contributed by atoms with Crippen LogP contribution < -0.4 is 23.8 Å². The van der Waals surface area contributed by atoms with Gasteiger partial charge in [0.25, 0.3) is 0 Å². The lowest BCUT2D eigenvalue weighted by molar-refractivity contribution is -0.116. The van der Waals surface area contributed by atoms with Crippen molar-refractivity contribution in [2.45, 2.75) is 25.2 Å². The van der Waals surface area contributed by atoms with Crippen LogP contribution in [0.2, 0.25) is 5.02 Å². The summed E-state index contributed by atoms with van der Waals surface area (Å²) in [6.07, 6.45) is 1.52. The molecule has 0 aromatic heterocycles. The Morgan fingerprint density at radius 1 is 0.902 bits per heavy atom. The molecule has 0 bridgehead atoms. The van der Waals surface area contributed by atoms with E-state index in [4.69, 9.17) is 30.5 Å². The Balaban J connectivity index is 1.80. The largest absolute Gasteiger partial charge is 0.497 e. The molecule has 1 N–H and O–H groups in total. The Labute approximate surface area is 243 Å². The summed E-state index contributed by atoms with van der Waals surface area (Å²) in [7, 11) is 6.09. The molecule has 2 aliphatic rings. The SMILES string of the molecule is COc1ccc(C(=O)C2C(=N)N(c3ccccc3Cl)C3=C(C(=O)CCC3)C2c2cc(OC)c(OC)c(OC)c2)cc1. The average Bonchev–Trinajstić information content (AvgIpc) is 3.00. The van der Waals surface area contributed by atoms with E-state index in [2.05, 4.69) is 0 Å². The molecule has 41 heavy (non-hydrogen) atoms. The number of Topliss-reactive ketones (excluding diaryl/α,β-unsaturated/α-hetero) is 2. The standard InChI is InChI=1S/C32H31ClN2O6/c1-38-20-14-12-18(13-15-20)30(37)29-27(19-16-25(39-2)31(41-4)26(17-19)40-3)28-23(10-7-11-24(28)36)35(32(29)34)22-9-6-5-8-21(22)33/h5-6,8-9,12-17,27,29,34H,7,10-11H2,1-4H3. The van der Waals surface area contributed by atoms with Crippen molar-refractivity contribution < 1.29 is 28.5 Å². The zero-order chi connectivity index (χ0) is 29.3. The number of hydrogen-bond acceptors (Lipinski definition) is 7. The van der Waals surface area contributed by atoms with E-state index in [-0.39, 0.29) is 17.4 Å². The predicted octanol–water partition coefficient (Wildman–Crippen LogP) is 6.46. The molecule has 3 aromatic carbocycles. The van der Waals surface area contributed by atoms with Crippen LogP contribution in [-0.2, 0) is 4.79 Å². The van der Waals surface area contributed by atoms with Crippen LogP contribution in [0.25, 0.3) is 0 Å². The Morgan fingerprint density at radius 3 is 2.15 bits per heavy atom. The van der Waals surface area contributed by atoms with Crippen molar-refractivity contribution in [1.29, 1.82) is 5.41 Å². The topological polar surface area (TPSA) is 98.2 Å². The fraction of sp³-hybridized carbons (Fsp3) is 0.281. The highest BCUT2D eigenvalue weighted by Gasteiger charge is 2.48. The number of hydrogen-bond donors (Lipinski definition) is 1. The molecule has 0 saturated carbocycles. The molecule has 2 atom stereocenters. The van der Waals surface area contributed by atoms with Crippen LogP contribution in [0.1, 0.15) is 41.1 Å². The maximum Gasteiger partial charge on any atom is 0.203 e. The van der Waals surface area contributed by atoms with E-state index in [1.807, 2.05) is 6.07 Å². The van der Waals surface area contributed by atoms with Crippen molar-refractivity contribution >= 4 is 34.7 Å². The van der Waals surface area contributed by atoms with Crippen LogP contribution in [0.15, 0.2) is 71.9 Å². The van der Waals surface area contributed by atoms with Crippen molar-refractivity contribution in [3.63, 3.8) is 0 Å². The van der Waals surface area contributed by atoms with E-state index in [1.54, 1.807) is 66.6 Å². The fourth-order valence-electron chi connectivity index (χ4n) is 5.80. The Hall–Kier alpha value is -4.30. The van der Waals surface area contributed by atoms with Crippen molar-refractivity contribution in [1.82, 2.24) is 0 Å². The minimum absolute atomic E-state index is 0.0334. The van der Waals surface area contributed by atoms with Crippen LogP contribution in [0, 0.1) is 11.3 Å². The molecule has 5 rings (SSSR count). The van der Waals surface area contributed by atoms with Gasteiger partial charge >= 0.3 is 0 Å². The highest BCUT2D eigenvalue weighted by molar-refractivity contribution is 6.34. The number of halogens is 1. The number of methoxy groups -OCH3 is 4. The molecule has 8 nitrogen and oxygen atoms in total. The van der Waals surface area contributed by atoms with E-state index in [0.717, 1.165) is 0 Å². The van der Waals surface area contributed by atoms with Gasteiger partial charge in [-0.2, -0.15) is 0 Å². The maximum atomic E-state index is 14.4. The summed E-state index contributed by atoms with van der Waals surface area (Å²) >= 11 is 6.64. The van der Waals surface area contributed by atoms with Crippen LogP contribution in [0.3, 0.4) is 0 Å². The van der Waals surface area contributed by atoms with Gasteiger partial charge in [-0.05, 0) is 66.9 Å². The van der Waals surface area contributed by atoms with Crippen molar-refractivity contribution in [3.8, 4) is 23.0 Å². The highest BCUT2D eigenvalue weighted by atomic mass is 35.5. The molecule has 0 fully saturated rings. The summed E-state index contributed by atoms with van der Waals surface area (Å²) in [5.41, 5.74) is 2.73. The number of anilines is 1. The van der Waals surface area contributed by atoms with E-state index in [1.165, 1.54) is 21.3 Å². The molecule has 1 heterocycles. The third kappa shape index (κ3) is 4.93. The number of nitrogens with zero attached hydrogens (tertiary/aromatic N) is 1. The quantitative estimate of drug-likeness (QED) is 0.308. The summed E-state index contributed by atoms with van der Waals surface area (Å²) in [4.78, 5) is 29.9. The number of benzene rings is 3. The van der Waals surface area contributed by atoms with E-state index in [0.29, 0.717) is 75.4 Å². The second-order valence-corrected chi connectivity index (χ2v) is 10.2. The van der Waals surface area contributed by atoms with Gasteiger partial charge in [0.1, 0.15) is 11.6 Å². The summed E-state index contributed by atoms with van der Waals surface area (Å²) in [6, 6.07) is 17.4. The van der Waals surface area contributed by atoms with Crippen LogP contribution >= 0.6 is 11.6 Å². The van der Waals surface area contributed by atoms with Gasteiger partial charge < -0.3 is 23.8 Å². The first-order valence-electron chi connectivity index (χ1n) is 13.2. The minimum atomic E-state index is -1.05. The van der Waals surface area contributed by atoms with Gasteiger partial charge in [-0.1, -0.05) is 23.7 Å². The zero-order valence-corrected chi connectivity index (χ0v) is 24.1. The van der Waals surface area contributed by atoms with Crippen LogP contribution in [0.5, 0.6) is 23.0 Å². The molecular formula is C32H31ClN2O6. The molecule has 0 radical (unpaired) electrons. The first-order chi connectivity index (χ1) is 19.8. The van der Waals surface area contributed by atoms with Gasteiger partial charge in [-0.15, -0.1) is 0 Å². The summed E-state index contributed by atoms with van der Waals surface area (Å²) in [6.45, 7) is 0. The van der Waals surface area contributed by atoms with Crippen molar-refractivity contribution in [2.24, 2.45) is 5.92 Å². The van der Waals surface area contributed by atoms with Crippen LogP contribution in [0.4, 0.5) is 5.69 Å². The van der Waals surface area contributed by atoms with Gasteiger partial charge in [0, 0.05) is 29.2 Å². The molecule has 3 aromatic rings. The Kier molecular flexibility index (Phi) is 8.03. The lowest BCUT2D eigenvalue weighted by atomic mass is 9.69. The molecule has 9 heteroatoms. The number of allylic oxidation sites excluding steroid dienone is 2. The molecule has 1 aliphatic heterocycles. The first kappa shape index (κ1) is 28.2. The summed E-state index contributed by atoms with van der Waals surface area (Å²) < 4.78 is 22.1. The molecule has 0 saturated heterocycles. The molecule has 0 amide bonds. The number of rotatable bonds is 8. The zero-order valence-electron chi connectivity index (χ0n) is 23.3. The van der Waals surface area contributed by atoms with Gasteiger partial charge in [0.05, 0.1) is 45.1 Å². The monoisotopic (exact) mass is 574 g/mol. The molecular weight excluding hydrogens is 544 g/mol. The van der Waals surface area contributed by atoms with Gasteiger partial charge in [0.15, 0.2) is 23.1 Å². The number of nitrogens with one attached hydrogen (secondary N) is 1. The fourth-order valence-corrected chi connectivity index (χ4v) is 6.02. The number of carbonyl (C=O) groups excluding carboxylic acids is 2. The average molecular weight is 575 g/mol. The second kappa shape index (κ2) is 11.7. The minimum Gasteiger partial charge on any atom is -0.497 e. The molecule has 1 aliphatic carbocycles. The van der Waals surface area contributed by atoms with Crippen LogP contribution in [-0.4, -0.2) is 45.8 Å². The molecule has 0 spiro atoms. The maximum absolute atomic E-state index is 14.4. The normalized spacial score (nSPS) is 18.6. The summed E-state index contributed by atoms with van der Waals surface area (Å²) in [5, 5.41) is 9.95. The molecule has 212 valence electrons. The number of para-hydroxylation sites is 1. The number of ketones is 2. The Bertz CT molecular complexity index is 1520. The number of ether oxygens (including phenoxy) is 4. The highest BCUT2D eigenvalue weighted by Crippen LogP contribution is 2.51. The number of amidine groups is 1. The third-order valence-corrected chi connectivity index (χ3v) is 7.99. The predicted molar refractivity (Wildman–Crippen MR) is 157 cm³/mol. The summed E-state index contributed by atoms with van der Waals surface area (Å²) in [5.74, 6) is -0.385. The second-order valence-electron chi connectivity index (χ2n) is 9.82. The third-order valence-electron chi connectivity index (χ3n) is 7.68. The number of carbonyl (C=O) groups is 2. The van der Waals surface area contributed by atoms with Crippen molar-refractivity contribution in [2.75, 3.05) is 33.3 Å². The Morgan fingerprint density at radius 2 is 1.56 bits per heavy atom. The lowest BCUT2D eigenvalue weighted by Crippen LogP contribution is -2.49.